The summed E-state index contributed by atoms with van der Waals surface area (Å²) in [5.74, 6) is -0.268. The third-order valence-electron chi connectivity index (χ3n) is 4.40. The monoisotopic (exact) mass is 314 g/mol. The highest BCUT2D eigenvalue weighted by Crippen LogP contribution is 2.16. The Bertz CT molecular complexity index is 595. The van der Waals surface area contributed by atoms with Crippen LogP contribution in [0.4, 0.5) is 4.39 Å². The number of aliphatic hydroxyl groups is 1. The van der Waals surface area contributed by atoms with Crippen molar-refractivity contribution in [2.75, 3.05) is 32.7 Å². The fourth-order valence-corrected chi connectivity index (χ4v) is 3.01. The third kappa shape index (κ3) is 4.61. The Morgan fingerprint density at radius 1 is 0.870 bits per heavy atom. The maximum Gasteiger partial charge on any atom is 0.123 e. The average molecular weight is 314 g/mol. The Morgan fingerprint density at radius 2 is 1.48 bits per heavy atom. The molecule has 2 aromatic carbocycles. The van der Waals surface area contributed by atoms with E-state index in [1.54, 1.807) is 12.1 Å². The number of hydrogen-bond donors (Lipinski definition) is 1. The molecule has 1 fully saturated rings. The third-order valence-corrected chi connectivity index (χ3v) is 4.40. The van der Waals surface area contributed by atoms with Gasteiger partial charge in [-0.1, -0.05) is 42.5 Å². The van der Waals surface area contributed by atoms with E-state index in [0.717, 1.165) is 38.3 Å². The average Bonchev–Trinajstić information content (AvgIpc) is 2.58. The lowest BCUT2D eigenvalue weighted by Crippen LogP contribution is -2.47. The van der Waals surface area contributed by atoms with Crippen molar-refractivity contribution in [1.82, 2.24) is 9.80 Å². The molecule has 0 amide bonds. The number of aliphatic hydroxyl groups excluding tert-OH is 1. The Labute approximate surface area is 137 Å². The molecule has 1 aliphatic heterocycles. The van der Waals surface area contributed by atoms with Gasteiger partial charge in [-0.05, 0) is 23.3 Å². The van der Waals surface area contributed by atoms with E-state index < -0.39 is 6.10 Å². The highest BCUT2D eigenvalue weighted by molar-refractivity contribution is 5.19. The van der Waals surface area contributed by atoms with Gasteiger partial charge in [-0.3, -0.25) is 9.80 Å². The molecule has 0 aliphatic carbocycles. The Kier molecular flexibility index (Phi) is 5.39. The van der Waals surface area contributed by atoms with Crippen LogP contribution in [0.15, 0.2) is 54.6 Å². The lowest BCUT2D eigenvalue weighted by atomic mass is 10.1. The van der Waals surface area contributed by atoms with Gasteiger partial charge in [-0.25, -0.2) is 4.39 Å². The number of benzene rings is 2. The van der Waals surface area contributed by atoms with E-state index in [4.69, 9.17) is 0 Å². The molecule has 122 valence electrons. The fourth-order valence-electron chi connectivity index (χ4n) is 3.01. The predicted molar refractivity (Wildman–Crippen MR) is 89.5 cm³/mol. The second-order valence-electron chi connectivity index (χ2n) is 6.13. The van der Waals surface area contributed by atoms with Crippen molar-refractivity contribution >= 4 is 0 Å². The van der Waals surface area contributed by atoms with Crippen LogP contribution in [0.1, 0.15) is 17.2 Å². The first-order chi connectivity index (χ1) is 11.2. The van der Waals surface area contributed by atoms with E-state index in [0.29, 0.717) is 6.54 Å². The fraction of sp³-hybridized carbons (Fsp3) is 0.368. The molecular formula is C19H23FN2O. The molecule has 3 nitrogen and oxygen atoms in total. The Balaban J connectivity index is 1.46. The first-order valence-electron chi connectivity index (χ1n) is 8.13. The zero-order chi connectivity index (χ0) is 16.1. The summed E-state index contributed by atoms with van der Waals surface area (Å²) >= 11 is 0. The Hall–Kier alpha value is -1.75. The summed E-state index contributed by atoms with van der Waals surface area (Å²) in [5.41, 5.74) is 2.12. The molecular weight excluding hydrogens is 291 g/mol. The maximum absolute atomic E-state index is 12.9. The van der Waals surface area contributed by atoms with Gasteiger partial charge < -0.3 is 5.11 Å². The first kappa shape index (κ1) is 16.1. The van der Waals surface area contributed by atoms with Crippen LogP contribution in [0.25, 0.3) is 0 Å². The smallest absolute Gasteiger partial charge is 0.123 e. The van der Waals surface area contributed by atoms with Gasteiger partial charge >= 0.3 is 0 Å². The molecule has 23 heavy (non-hydrogen) atoms. The van der Waals surface area contributed by atoms with Crippen molar-refractivity contribution in [3.63, 3.8) is 0 Å². The second kappa shape index (κ2) is 7.68. The van der Waals surface area contributed by atoms with Gasteiger partial charge in [0, 0.05) is 39.3 Å². The van der Waals surface area contributed by atoms with Crippen molar-refractivity contribution in [1.29, 1.82) is 0 Å². The summed E-state index contributed by atoms with van der Waals surface area (Å²) in [5, 5.41) is 10.3. The molecule has 3 rings (SSSR count). The van der Waals surface area contributed by atoms with Gasteiger partial charge in [-0.15, -0.1) is 0 Å². The van der Waals surface area contributed by atoms with E-state index in [1.165, 1.54) is 17.7 Å². The van der Waals surface area contributed by atoms with E-state index in [1.807, 2.05) is 6.07 Å². The van der Waals surface area contributed by atoms with Crippen LogP contribution >= 0.6 is 0 Å². The van der Waals surface area contributed by atoms with Crippen molar-refractivity contribution in [3.05, 3.63) is 71.5 Å². The number of piperazine rings is 1. The topological polar surface area (TPSA) is 26.7 Å². The summed E-state index contributed by atoms with van der Waals surface area (Å²) in [6.45, 7) is 5.49. The summed E-state index contributed by atoms with van der Waals surface area (Å²) in [7, 11) is 0. The molecule has 1 N–H and O–H groups in total. The standard InChI is InChI=1S/C19H23FN2O/c20-18-8-6-17(7-9-18)19(23)15-22-12-10-21(11-13-22)14-16-4-2-1-3-5-16/h1-9,19,23H,10-15H2/t19-/m0/s1. The predicted octanol–water partition coefficient (Wildman–Crippen LogP) is 2.68. The van der Waals surface area contributed by atoms with Crippen LogP contribution < -0.4 is 0 Å². The normalized spacial score (nSPS) is 18.0. The number of rotatable bonds is 5. The molecule has 1 atom stereocenters. The van der Waals surface area contributed by atoms with Crippen molar-refractivity contribution < 1.29 is 9.50 Å². The molecule has 1 aliphatic rings. The van der Waals surface area contributed by atoms with E-state index in [-0.39, 0.29) is 5.82 Å². The Morgan fingerprint density at radius 3 is 2.13 bits per heavy atom. The molecule has 0 spiro atoms. The van der Waals surface area contributed by atoms with Crippen LogP contribution in [-0.2, 0) is 6.54 Å². The molecule has 0 saturated carbocycles. The molecule has 0 aromatic heterocycles. The second-order valence-corrected chi connectivity index (χ2v) is 6.13. The molecule has 0 unspecified atom stereocenters. The zero-order valence-electron chi connectivity index (χ0n) is 13.2. The lowest BCUT2D eigenvalue weighted by molar-refractivity contribution is 0.0701. The highest BCUT2D eigenvalue weighted by atomic mass is 19.1. The number of halogens is 1. The van der Waals surface area contributed by atoms with Gasteiger partial charge in [0.15, 0.2) is 0 Å². The summed E-state index contributed by atoms with van der Waals surface area (Å²) in [4.78, 5) is 4.71. The van der Waals surface area contributed by atoms with Crippen molar-refractivity contribution in [2.24, 2.45) is 0 Å². The van der Waals surface area contributed by atoms with E-state index in [9.17, 15) is 9.50 Å². The van der Waals surface area contributed by atoms with Gasteiger partial charge in [0.2, 0.25) is 0 Å². The minimum absolute atomic E-state index is 0.268. The first-order valence-corrected chi connectivity index (χ1v) is 8.13. The zero-order valence-corrected chi connectivity index (χ0v) is 13.2. The number of β-amino-alcohol motifs (C(OH)–C–C–N with tert-alkyl or cyclic N) is 1. The van der Waals surface area contributed by atoms with Crippen LogP contribution in [0.2, 0.25) is 0 Å². The summed E-state index contributed by atoms with van der Waals surface area (Å²) in [6.07, 6.45) is -0.559. The van der Waals surface area contributed by atoms with E-state index >= 15 is 0 Å². The van der Waals surface area contributed by atoms with Gasteiger partial charge in [-0.2, -0.15) is 0 Å². The quantitative estimate of drug-likeness (QED) is 0.919. The van der Waals surface area contributed by atoms with Crippen molar-refractivity contribution in [3.8, 4) is 0 Å². The molecule has 0 radical (unpaired) electrons. The molecule has 1 heterocycles. The number of hydrogen-bond acceptors (Lipinski definition) is 3. The minimum Gasteiger partial charge on any atom is -0.387 e. The summed E-state index contributed by atoms with van der Waals surface area (Å²) < 4.78 is 12.9. The maximum atomic E-state index is 12.9. The highest BCUT2D eigenvalue weighted by Gasteiger charge is 2.20. The van der Waals surface area contributed by atoms with Crippen LogP contribution in [0, 0.1) is 5.82 Å². The van der Waals surface area contributed by atoms with Gasteiger partial charge in [0.1, 0.15) is 5.82 Å². The molecule has 0 bridgehead atoms. The van der Waals surface area contributed by atoms with Gasteiger partial charge in [0.25, 0.3) is 0 Å². The minimum atomic E-state index is -0.559. The molecule has 4 heteroatoms. The lowest BCUT2D eigenvalue weighted by Gasteiger charge is -2.35. The number of nitrogens with zero attached hydrogens (tertiary/aromatic N) is 2. The molecule has 1 saturated heterocycles. The van der Waals surface area contributed by atoms with E-state index in [2.05, 4.69) is 34.1 Å². The van der Waals surface area contributed by atoms with Crippen molar-refractivity contribution in [2.45, 2.75) is 12.6 Å². The largest absolute Gasteiger partial charge is 0.387 e. The summed E-state index contributed by atoms with van der Waals surface area (Å²) in [6, 6.07) is 16.6. The van der Waals surface area contributed by atoms with Gasteiger partial charge in [0.05, 0.1) is 6.10 Å². The molecule has 2 aromatic rings. The van der Waals surface area contributed by atoms with Crippen LogP contribution in [-0.4, -0.2) is 47.6 Å². The van der Waals surface area contributed by atoms with Crippen LogP contribution in [0.3, 0.4) is 0 Å². The van der Waals surface area contributed by atoms with Crippen LogP contribution in [0.5, 0.6) is 0 Å². The SMILES string of the molecule is O[C@@H](CN1CCN(Cc2ccccc2)CC1)c1ccc(F)cc1.